The number of rotatable bonds is 4. The minimum atomic E-state index is -0.638. The third-order valence-corrected chi connectivity index (χ3v) is 3.07. The molecule has 15 heavy (non-hydrogen) atoms. The molecule has 1 fully saturated rings. The first-order valence-corrected chi connectivity index (χ1v) is 5.34. The van der Waals surface area contributed by atoms with E-state index in [1.165, 1.54) is 0 Å². The van der Waals surface area contributed by atoms with E-state index in [1.54, 1.807) is 7.11 Å². The topological polar surface area (TPSA) is 84.9 Å². The molecule has 0 bridgehead atoms. The lowest BCUT2D eigenvalue weighted by molar-refractivity contribution is -0.173. The van der Waals surface area contributed by atoms with Crippen LogP contribution in [0.25, 0.3) is 0 Å². The Balaban J connectivity index is 2.68. The van der Waals surface area contributed by atoms with Crippen LogP contribution in [0.5, 0.6) is 0 Å². The molecule has 1 aliphatic heterocycles. The lowest BCUT2D eigenvalue weighted by Crippen LogP contribution is -2.60. The van der Waals surface area contributed by atoms with Crippen molar-refractivity contribution in [3.05, 3.63) is 0 Å². The summed E-state index contributed by atoms with van der Waals surface area (Å²) in [6.45, 7) is 2.19. The Hall–Kier alpha value is -0.200. The molecule has 4 unspecified atom stereocenters. The molecule has 90 valence electrons. The largest absolute Gasteiger partial charge is 0.394 e. The summed E-state index contributed by atoms with van der Waals surface area (Å²) in [6, 6.07) is -0.447. The van der Waals surface area contributed by atoms with Crippen molar-refractivity contribution >= 4 is 0 Å². The third kappa shape index (κ3) is 2.68. The Bertz CT molecular complexity index is 186. The van der Waals surface area contributed by atoms with Crippen LogP contribution in [-0.4, -0.2) is 54.9 Å². The standard InChI is InChI=1S/C10H21NO4/c1-3-6-7(4-12)15-8(5-14-2)9(11)10(6)13/h6-10,12-13H,3-5,11H2,1-2H3/t6?,7-,8?,9?,10?/m0/s1. The van der Waals surface area contributed by atoms with Crippen LogP contribution in [0.4, 0.5) is 0 Å². The van der Waals surface area contributed by atoms with E-state index in [9.17, 15) is 5.11 Å². The van der Waals surface area contributed by atoms with Crippen LogP contribution in [0, 0.1) is 5.92 Å². The molecule has 5 nitrogen and oxygen atoms in total. The van der Waals surface area contributed by atoms with Gasteiger partial charge in [0, 0.05) is 13.0 Å². The number of hydrogen-bond donors (Lipinski definition) is 3. The highest BCUT2D eigenvalue weighted by molar-refractivity contribution is 4.93. The predicted molar refractivity (Wildman–Crippen MR) is 55.4 cm³/mol. The van der Waals surface area contributed by atoms with E-state index in [1.807, 2.05) is 6.92 Å². The Kier molecular flexibility index (Phi) is 4.95. The Morgan fingerprint density at radius 2 is 2.07 bits per heavy atom. The second-order valence-electron chi connectivity index (χ2n) is 3.99. The minimum absolute atomic E-state index is 0.0947. The van der Waals surface area contributed by atoms with Gasteiger partial charge >= 0.3 is 0 Å². The first kappa shape index (κ1) is 12.9. The van der Waals surface area contributed by atoms with Crippen LogP contribution in [0.3, 0.4) is 0 Å². The van der Waals surface area contributed by atoms with Crippen molar-refractivity contribution in [3.8, 4) is 0 Å². The molecule has 0 aromatic carbocycles. The van der Waals surface area contributed by atoms with Crippen molar-refractivity contribution in [3.63, 3.8) is 0 Å². The van der Waals surface area contributed by atoms with Gasteiger partial charge in [0.2, 0.25) is 0 Å². The molecule has 0 aromatic rings. The summed E-state index contributed by atoms with van der Waals surface area (Å²) in [6.07, 6.45) is -0.587. The van der Waals surface area contributed by atoms with Crippen LogP contribution in [-0.2, 0) is 9.47 Å². The molecule has 5 atom stereocenters. The predicted octanol–water partition coefficient (Wildman–Crippen LogP) is -0.893. The summed E-state index contributed by atoms with van der Waals surface area (Å²) in [7, 11) is 1.56. The van der Waals surface area contributed by atoms with Gasteiger partial charge in [-0.15, -0.1) is 0 Å². The van der Waals surface area contributed by atoms with Crippen LogP contribution in [0.1, 0.15) is 13.3 Å². The van der Waals surface area contributed by atoms with E-state index in [-0.39, 0.29) is 24.7 Å². The summed E-state index contributed by atoms with van der Waals surface area (Å²) in [5, 5.41) is 19.1. The van der Waals surface area contributed by atoms with E-state index in [2.05, 4.69) is 0 Å². The van der Waals surface area contributed by atoms with Gasteiger partial charge < -0.3 is 25.4 Å². The fourth-order valence-electron chi connectivity index (χ4n) is 2.14. The minimum Gasteiger partial charge on any atom is -0.394 e. The maximum atomic E-state index is 9.96. The molecule has 0 saturated carbocycles. The van der Waals surface area contributed by atoms with Crippen LogP contribution in [0.2, 0.25) is 0 Å². The van der Waals surface area contributed by atoms with Crippen molar-refractivity contribution in [2.75, 3.05) is 20.3 Å². The number of aliphatic hydroxyl groups is 2. The zero-order valence-corrected chi connectivity index (χ0v) is 9.30. The second-order valence-corrected chi connectivity index (χ2v) is 3.99. The number of ether oxygens (including phenoxy) is 2. The molecule has 4 N–H and O–H groups in total. The van der Waals surface area contributed by atoms with E-state index in [0.717, 1.165) is 6.42 Å². The molecule has 0 spiro atoms. The molecular weight excluding hydrogens is 198 g/mol. The van der Waals surface area contributed by atoms with Crippen molar-refractivity contribution in [2.24, 2.45) is 11.7 Å². The molecule has 0 amide bonds. The van der Waals surface area contributed by atoms with Gasteiger partial charge in [-0.3, -0.25) is 0 Å². The summed E-state index contributed by atoms with van der Waals surface area (Å²) in [5.41, 5.74) is 5.85. The average molecular weight is 219 g/mol. The summed E-state index contributed by atoms with van der Waals surface area (Å²) in [4.78, 5) is 0. The van der Waals surface area contributed by atoms with Gasteiger partial charge in [0.1, 0.15) is 0 Å². The maximum absolute atomic E-state index is 9.96. The quantitative estimate of drug-likeness (QED) is 0.571. The van der Waals surface area contributed by atoms with Gasteiger partial charge in [-0.05, 0) is 6.42 Å². The number of nitrogens with two attached hydrogens (primary N) is 1. The van der Waals surface area contributed by atoms with Gasteiger partial charge in [-0.2, -0.15) is 0 Å². The van der Waals surface area contributed by atoms with E-state index in [4.69, 9.17) is 20.3 Å². The average Bonchev–Trinajstić information content (AvgIpc) is 2.24. The van der Waals surface area contributed by atoms with Crippen molar-refractivity contribution in [1.29, 1.82) is 0 Å². The van der Waals surface area contributed by atoms with E-state index < -0.39 is 12.1 Å². The zero-order valence-electron chi connectivity index (χ0n) is 9.30. The monoisotopic (exact) mass is 219 g/mol. The number of hydrogen-bond acceptors (Lipinski definition) is 5. The third-order valence-electron chi connectivity index (χ3n) is 3.07. The van der Waals surface area contributed by atoms with Gasteiger partial charge in [-0.25, -0.2) is 0 Å². The summed E-state index contributed by atoms with van der Waals surface area (Å²) < 4.78 is 10.6. The normalized spacial score (nSPS) is 41.8. The molecule has 0 aromatic heterocycles. The number of methoxy groups -OCH3 is 1. The van der Waals surface area contributed by atoms with Crippen LogP contribution < -0.4 is 5.73 Å². The molecule has 1 rings (SSSR count). The van der Waals surface area contributed by atoms with Crippen molar-refractivity contribution in [1.82, 2.24) is 0 Å². The number of aliphatic hydroxyl groups excluding tert-OH is 2. The lowest BCUT2D eigenvalue weighted by Gasteiger charge is -2.42. The van der Waals surface area contributed by atoms with Gasteiger partial charge in [0.25, 0.3) is 0 Å². The first-order valence-electron chi connectivity index (χ1n) is 5.34. The van der Waals surface area contributed by atoms with Crippen molar-refractivity contribution < 1.29 is 19.7 Å². The van der Waals surface area contributed by atoms with Gasteiger partial charge in [-0.1, -0.05) is 6.92 Å². The summed E-state index contributed by atoms with van der Waals surface area (Å²) >= 11 is 0. The Morgan fingerprint density at radius 1 is 1.40 bits per heavy atom. The van der Waals surface area contributed by atoms with Crippen LogP contribution in [0.15, 0.2) is 0 Å². The molecule has 1 heterocycles. The summed E-state index contributed by atoms with van der Waals surface area (Å²) in [5.74, 6) is -0.0990. The molecule has 5 heteroatoms. The Morgan fingerprint density at radius 3 is 2.53 bits per heavy atom. The fourth-order valence-corrected chi connectivity index (χ4v) is 2.14. The fraction of sp³-hybridized carbons (Fsp3) is 1.00. The highest BCUT2D eigenvalue weighted by Crippen LogP contribution is 2.27. The molecule has 0 radical (unpaired) electrons. The SMILES string of the molecule is CCC1C(O)C(N)C(COC)O[C@H]1CO. The molecular formula is C10H21NO4. The molecule has 1 aliphatic rings. The Labute approximate surface area is 90.2 Å². The highest BCUT2D eigenvalue weighted by atomic mass is 16.5. The van der Waals surface area contributed by atoms with Crippen LogP contribution >= 0.6 is 0 Å². The van der Waals surface area contributed by atoms with Gasteiger partial charge in [0.05, 0.1) is 37.6 Å². The smallest absolute Gasteiger partial charge is 0.0989 e. The highest BCUT2D eigenvalue weighted by Gasteiger charge is 2.41. The van der Waals surface area contributed by atoms with Crippen molar-refractivity contribution in [2.45, 2.75) is 37.7 Å². The maximum Gasteiger partial charge on any atom is 0.0989 e. The zero-order chi connectivity index (χ0) is 11.4. The van der Waals surface area contributed by atoms with E-state index in [0.29, 0.717) is 6.61 Å². The molecule has 1 saturated heterocycles. The van der Waals surface area contributed by atoms with E-state index >= 15 is 0 Å². The second kappa shape index (κ2) is 5.77. The lowest BCUT2D eigenvalue weighted by atomic mass is 9.84. The molecule has 0 aliphatic carbocycles. The first-order chi connectivity index (χ1) is 7.15. The van der Waals surface area contributed by atoms with Gasteiger partial charge in [0.15, 0.2) is 0 Å².